The molecule has 33 heavy (non-hydrogen) atoms. The van der Waals surface area contributed by atoms with Crippen LogP contribution < -0.4 is 38.9 Å². The van der Waals surface area contributed by atoms with Crippen molar-refractivity contribution in [2.75, 3.05) is 5.75 Å². The Balaban J connectivity index is 5.26. The number of carboxylic acids is 1. The van der Waals surface area contributed by atoms with E-state index >= 15 is 0 Å². The predicted octanol–water partition coefficient (Wildman–Crippen LogP) is -4.81. The molecular formula is C17H29N7O8S. The minimum absolute atomic E-state index is 0.0728. The van der Waals surface area contributed by atoms with Crippen LogP contribution in [0.25, 0.3) is 0 Å². The van der Waals surface area contributed by atoms with E-state index in [1.807, 2.05) is 0 Å². The normalized spacial score (nSPS) is 14.1. The molecule has 0 aliphatic rings. The first kappa shape index (κ1) is 29.6. The van der Waals surface area contributed by atoms with Gasteiger partial charge in [0.05, 0.1) is 12.5 Å². The van der Waals surface area contributed by atoms with Crippen molar-refractivity contribution in [3.8, 4) is 0 Å². The van der Waals surface area contributed by atoms with Crippen molar-refractivity contribution in [2.24, 2.45) is 22.9 Å². The lowest BCUT2D eigenvalue weighted by atomic mass is 10.1. The summed E-state index contributed by atoms with van der Waals surface area (Å²) in [6.45, 7) is 0. The van der Waals surface area contributed by atoms with Crippen LogP contribution in [0.2, 0.25) is 0 Å². The molecule has 0 rings (SSSR count). The van der Waals surface area contributed by atoms with Gasteiger partial charge in [0.2, 0.25) is 35.4 Å². The summed E-state index contributed by atoms with van der Waals surface area (Å²) in [5, 5.41) is 15.7. The summed E-state index contributed by atoms with van der Waals surface area (Å²) in [4.78, 5) is 81.5. The maximum Gasteiger partial charge on any atom is 0.326 e. The molecule has 0 bridgehead atoms. The second-order valence-corrected chi connectivity index (χ2v) is 7.36. The first-order valence-corrected chi connectivity index (χ1v) is 10.3. The molecule has 186 valence electrons. The molecule has 12 N–H and O–H groups in total. The summed E-state index contributed by atoms with van der Waals surface area (Å²) in [7, 11) is 0. The van der Waals surface area contributed by atoms with Crippen LogP contribution in [-0.2, 0) is 33.6 Å². The van der Waals surface area contributed by atoms with Gasteiger partial charge in [-0.15, -0.1) is 0 Å². The molecule has 6 amide bonds. The molecule has 0 aromatic heterocycles. The number of rotatable bonds is 16. The van der Waals surface area contributed by atoms with E-state index < -0.39 is 72.0 Å². The number of carbonyl (C=O) groups is 7. The monoisotopic (exact) mass is 491 g/mol. The summed E-state index contributed by atoms with van der Waals surface area (Å²) in [5.41, 5.74) is 20.7. The average molecular weight is 492 g/mol. The lowest BCUT2D eigenvalue weighted by Gasteiger charge is -2.24. The lowest BCUT2D eigenvalue weighted by Crippen LogP contribution is -2.58. The third-order valence-corrected chi connectivity index (χ3v) is 4.55. The lowest BCUT2D eigenvalue weighted by molar-refractivity contribution is -0.142. The fraction of sp³-hybridized carbons (Fsp3) is 0.588. The van der Waals surface area contributed by atoms with Gasteiger partial charge in [0.1, 0.15) is 18.1 Å². The zero-order valence-electron chi connectivity index (χ0n) is 17.6. The van der Waals surface area contributed by atoms with E-state index in [0.717, 1.165) is 0 Å². The number of primary amides is 3. The molecule has 0 fully saturated rings. The molecule has 0 radical (unpaired) electrons. The highest BCUT2D eigenvalue weighted by Crippen LogP contribution is 2.02. The van der Waals surface area contributed by atoms with Crippen molar-refractivity contribution in [3.05, 3.63) is 0 Å². The number of nitrogens with two attached hydrogens (primary N) is 4. The first-order valence-electron chi connectivity index (χ1n) is 9.63. The Labute approximate surface area is 194 Å². The van der Waals surface area contributed by atoms with E-state index in [-0.39, 0.29) is 31.4 Å². The molecule has 16 heteroatoms. The van der Waals surface area contributed by atoms with Crippen LogP contribution in [0.5, 0.6) is 0 Å². The van der Waals surface area contributed by atoms with Gasteiger partial charge >= 0.3 is 5.97 Å². The van der Waals surface area contributed by atoms with Gasteiger partial charge < -0.3 is 44.0 Å². The number of aliphatic carboxylic acids is 1. The van der Waals surface area contributed by atoms with Crippen molar-refractivity contribution in [1.82, 2.24) is 16.0 Å². The Morgan fingerprint density at radius 1 is 0.697 bits per heavy atom. The van der Waals surface area contributed by atoms with E-state index in [4.69, 9.17) is 22.9 Å². The third kappa shape index (κ3) is 12.3. The van der Waals surface area contributed by atoms with Crippen LogP contribution in [0.3, 0.4) is 0 Å². The van der Waals surface area contributed by atoms with Gasteiger partial charge in [0.25, 0.3) is 0 Å². The van der Waals surface area contributed by atoms with Crippen molar-refractivity contribution in [1.29, 1.82) is 0 Å². The molecule has 0 saturated heterocycles. The SMILES string of the molecule is NC(=O)CCC(N)C(=O)NC(CS)C(=O)NC(CC(N)=O)C(=O)NC(CCC(N)=O)C(=O)O. The quantitative estimate of drug-likeness (QED) is 0.0935. The van der Waals surface area contributed by atoms with E-state index in [9.17, 15) is 38.7 Å². The van der Waals surface area contributed by atoms with Gasteiger partial charge in [-0.2, -0.15) is 12.6 Å². The second-order valence-electron chi connectivity index (χ2n) is 6.99. The van der Waals surface area contributed by atoms with Crippen LogP contribution >= 0.6 is 12.6 Å². The van der Waals surface area contributed by atoms with Gasteiger partial charge in [-0.25, -0.2) is 4.79 Å². The number of thiol groups is 1. The van der Waals surface area contributed by atoms with E-state index in [1.165, 1.54) is 0 Å². The van der Waals surface area contributed by atoms with Crippen LogP contribution in [0.1, 0.15) is 32.1 Å². The molecule has 0 aromatic rings. The van der Waals surface area contributed by atoms with Crippen LogP contribution in [0, 0.1) is 0 Å². The first-order chi connectivity index (χ1) is 15.3. The Kier molecular flexibility index (Phi) is 13.1. The molecule has 0 saturated carbocycles. The standard InChI is InChI=1S/C17H29N7O8S/c18-7(1-3-11(19)25)14(28)24-10(6-33)16(30)23-9(5-13(21)27)15(29)22-8(17(31)32)2-4-12(20)26/h7-10,33H,1-6,18H2,(H2,19,25)(H2,20,26)(H2,21,27)(H,22,29)(H,23,30)(H,24,28)(H,31,32). The van der Waals surface area contributed by atoms with Crippen molar-refractivity contribution < 1.29 is 38.7 Å². The zero-order valence-corrected chi connectivity index (χ0v) is 18.5. The van der Waals surface area contributed by atoms with Crippen LogP contribution in [-0.4, -0.2) is 76.4 Å². The minimum Gasteiger partial charge on any atom is -0.480 e. The maximum absolute atomic E-state index is 12.5. The topological polar surface area (TPSA) is 280 Å². The molecule has 0 spiro atoms. The largest absolute Gasteiger partial charge is 0.480 e. The van der Waals surface area contributed by atoms with Crippen molar-refractivity contribution in [2.45, 2.75) is 56.3 Å². The number of carbonyl (C=O) groups excluding carboxylic acids is 6. The van der Waals surface area contributed by atoms with Crippen LogP contribution in [0.15, 0.2) is 0 Å². The number of carboxylic acid groups (broad SMARTS) is 1. The molecule has 0 heterocycles. The van der Waals surface area contributed by atoms with Gasteiger partial charge in [0, 0.05) is 18.6 Å². The zero-order chi connectivity index (χ0) is 25.7. The summed E-state index contributed by atoms with van der Waals surface area (Å²) < 4.78 is 0. The van der Waals surface area contributed by atoms with Crippen molar-refractivity contribution >= 4 is 54.0 Å². The Hall–Kier alpha value is -3.40. The Morgan fingerprint density at radius 2 is 1.15 bits per heavy atom. The highest BCUT2D eigenvalue weighted by molar-refractivity contribution is 7.80. The number of hydrogen-bond acceptors (Lipinski definition) is 9. The fourth-order valence-electron chi connectivity index (χ4n) is 2.40. The predicted molar refractivity (Wildman–Crippen MR) is 116 cm³/mol. The molecule has 0 aliphatic heterocycles. The molecule has 4 atom stereocenters. The number of nitrogens with one attached hydrogen (secondary N) is 3. The summed E-state index contributed by atoms with van der Waals surface area (Å²) in [6, 6.07) is -5.57. The second kappa shape index (κ2) is 14.6. The maximum atomic E-state index is 12.5. The molecule has 0 aromatic carbocycles. The Morgan fingerprint density at radius 3 is 1.61 bits per heavy atom. The third-order valence-electron chi connectivity index (χ3n) is 4.19. The molecular weight excluding hydrogens is 462 g/mol. The highest BCUT2D eigenvalue weighted by atomic mass is 32.1. The molecule has 15 nitrogen and oxygen atoms in total. The van der Waals surface area contributed by atoms with Gasteiger partial charge in [-0.3, -0.25) is 28.8 Å². The summed E-state index contributed by atoms with van der Waals surface area (Å²) in [6.07, 6.45) is -1.59. The fourth-order valence-corrected chi connectivity index (χ4v) is 2.66. The van der Waals surface area contributed by atoms with Gasteiger partial charge in [0.15, 0.2) is 0 Å². The minimum atomic E-state index is -1.59. The van der Waals surface area contributed by atoms with E-state index in [1.54, 1.807) is 0 Å². The van der Waals surface area contributed by atoms with Gasteiger partial charge in [-0.05, 0) is 12.8 Å². The summed E-state index contributed by atoms with van der Waals surface area (Å²) >= 11 is 3.95. The number of hydrogen-bond donors (Lipinski definition) is 9. The van der Waals surface area contributed by atoms with Crippen LogP contribution in [0.4, 0.5) is 0 Å². The number of amides is 6. The average Bonchev–Trinajstić information content (AvgIpc) is 2.71. The molecule has 4 unspecified atom stereocenters. The smallest absolute Gasteiger partial charge is 0.326 e. The molecule has 0 aliphatic carbocycles. The van der Waals surface area contributed by atoms with E-state index in [2.05, 4.69) is 28.6 Å². The summed E-state index contributed by atoms with van der Waals surface area (Å²) in [5.74, 6) is -6.96. The van der Waals surface area contributed by atoms with Gasteiger partial charge in [-0.1, -0.05) is 0 Å². The van der Waals surface area contributed by atoms with E-state index in [0.29, 0.717) is 0 Å². The highest BCUT2D eigenvalue weighted by Gasteiger charge is 2.31. The Bertz CT molecular complexity index is 778. The van der Waals surface area contributed by atoms with Crippen molar-refractivity contribution in [3.63, 3.8) is 0 Å².